The summed E-state index contributed by atoms with van der Waals surface area (Å²) in [6, 6.07) is 6.05. The third kappa shape index (κ3) is 3.71. The monoisotopic (exact) mass is 288 g/mol. The summed E-state index contributed by atoms with van der Waals surface area (Å²) in [7, 11) is 0. The molecule has 21 heavy (non-hydrogen) atoms. The lowest BCUT2D eigenvalue weighted by Crippen LogP contribution is -2.42. The Morgan fingerprint density at radius 3 is 2.48 bits per heavy atom. The molecule has 0 spiro atoms. The maximum atomic E-state index is 12.0. The van der Waals surface area contributed by atoms with Gasteiger partial charge >= 0.3 is 5.97 Å². The number of amides is 1. The van der Waals surface area contributed by atoms with Crippen LogP contribution in [-0.4, -0.2) is 38.2 Å². The van der Waals surface area contributed by atoms with Crippen molar-refractivity contribution in [2.45, 2.75) is 26.3 Å². The number of para-hydroxylation sites is 1. The Kier molecular flexibility index (Phi) is 4.42. The maximum Gasteiger partial charge on any atom is 0.326 e. The first-order valence-electron chi connectivity index (χ1n) is 6.60. The minimum atomic E-state index is -1.08. The number of rotatable bonds is 5. The summed E-state index contributed by atoms with van der Waals surface area (Å²) in [4.78, 5) is 27.3. The van der Waals surface area contributed by atoms with Crippen molar-refractivity contribution in [1.82, 2.24) is 20.5 Å². The predicted molar refractivity (Wildman–Crippen MR) is 75.7 cm³/mol. The Morgan fingerprint density at radius 1 is 1.19 bits per heavy atom. The Morgan fingerprint density at radius 2 is 1.86 bits per heavy atom. The van der Waals surface area contributed by atoms with Crippen molar-refractivity contribution in [3.05, 3.63) is 30.1 Å². The molecule has 7 nitrogen and oxygen atoms in total. The largest absolute Gasteiger partial charge is 0.480 e. The highest BCUT2D eigenvalue weighted by atomic mass is 16.4. The highest BCUT2D eigenvalue weighted by Crippen LogP contribution is 2.08. The van der Waals surface area contributed by atoms with Crippen LogP contribution < -0.4 is 5.32 Å². The molecule has 110 valence electrons. The molecule has 0 bridgehead atoms. The van der Waals surface area contributed by atoms with Gasteiger partial charge in [-0.15, -0.1) is 10.2 Å². The zero-order valence-electron chi connectivity index (χ0n) is 11.8. The van der Waals surface area contributed by atoms with Crippen molar-refractivity contribution < 1.29 is 14.7 Å². The molecular formula is C14H16N4O3. The van der Waals surface area contributed by atoms with Gasteiger partial charge in [0, 0.05) is 0 Å². The summed E-state index contributed by atoms with van der Waals surface area (Å²) < 4.78 is 0. The molecule has 0 saturated carbocycles. The van der Waals surface area contributed by atoms with E-state index in [4.69, 9.17) is 5.11 Å². The molecule has 1 amide bonds. The molecule has 1 aromatic heterocycles. The number of benzene rings is 1. The molecule has 2 N–H and O–H groups in total. The number of carbonyl (C=O) groups excluding carboxylic acids is 1. The number of carboxylic acids is 1. The van der Waals surface area contributed by atoms with E-state index >= 15 is 0 Å². The van der Waals surface area contributed by atoms with E-state index in [-0.39, 0.29) is 11.7 Å². The van der Waals surface area contributed by atoms with E-state index in [1.165, 1.54) is 0 Å². The maximum absolute atomic E-state index is 12.0. The molecule has 0 fully saturated rings. The van der Waals surface area contributed by atoms with Gasteiger partial charge in [-0.1, -0.05) is 26.0 Å². The minimum absolute atomic E-state index is 0.135. The van der Waals surface area contributed by atoms with Gasteiger partial charge in [-0.25, -0.2) is 9.78 Å². The number of carbonyl (C=O) groups is 2. The molecule has 0 aliphatic carbocycles. The fourth-order valence-corrected chi connectivity index (χ4v) is 1.89. The lowest BCUT2D eigenvalue weighted by Gasteiger charge is -2.15. The van der Waals surface area contributed by atoms with Gasteiger partial charge in [0.15, 0.2) is 0 Å². The zero-order valence-corrected chi connectivity index (χ0v) is 11.8. The summed E-state index contributed by atoms with van der Waals surface area (Å²) in [5.41, 5.74) is 1.11. The van der Waals surface area contributed by atoms with Crippen LogP contribution >= 0.6 is 0 Å². The second kappa shape index (κ2) is 6.25. The molecule has 1 heterocycles. The Labute approximate surface area is 121 Å². The van der Waals surface area contributed by atoms with Crippen molar-refractivity contribution in [3.63, 3.8) is 0 Å². The number of aromatic nitrogens is 3. The molecule has 2 rings (SSSR count). The zero-order chi connectivity index (χ0) is 15.4. The fraction of sp³-hybridized carbons (Fsp3) is 0.357. The average molecular weight is 288 g/mol. The molecule has 2 aromatic rings. The average Bonchev–Trinajstić information content (AvgIpc) is 2.45. The standard InChI is InChI=1S/C14H16N4O3/c1-8(2)7-11(14(20)21)16-13(19)12-15-9-5-3-4-6-10(9)17-18-12/h3-6,8,11H,7H2,1-2H3,(H,16,19)(H,20,21). The lowest BCUT2D eigenvalue weighted by molar-refractivity contribution is -0.139. The van der Waals surface area contributed by atoms with Gasteiger partial charge < -0.3 is 10.4 Å². The normalized spacial score (nSPS) is 12.3. The molecule has 0 aliphatic heterocycles. The summed E-state index contributed by atoms with van der Waals surface area (Å²) in [6.45, 7) is 3.77. The number of carboxylic acid groups (broad SMARTS) is 1. The van der Waals surface area contributed by atoms with Crippen LogP contribution in [0, 0.1) is 5.92 Å². The van der Waals surface area contributed by atoms with Gasteiger partial charge in [-0.3, -0.25) is 4.79 Å². The predicted octanol–water partition coefficient (Wildman–Crippen LogP) is 1.25. The molecule has 7 heteroatoms. The molecule has 1 unspecified atom stereocenters. The third-order valence-corrected chi connectivity index (χ3v) is 2.87. The van der Waals surface area contributed by atoms with Crippen LogP contribution in [-0.2, 0) is 4.79 Å². The van der Waals surface area contributed by atoms with E-state index < -0.39 is 17.9 Å². The molecular weight excluding hydrogens is 272 g/mol. The van der Waals surface area contributed by atoms with Gasteiger partial charge in [-0.05, 0) is 24.5 Å². The van der Waals surface area contributed by atoms with Crippen LogP contribution in [0.3, 0.4) is 0 Å². The van der Waals surface area contributed by atoms with Gasteiger partial charge in [0.25, 0.3) is 5.91 Å². The van der Waals surface area contributed by atoms with Gasteiger partial charge in [0.05, 0.1) is 5.52 Å². The molecule has 0 saturated heterocycles. The lowest BCUT2D eigenvalue weighted by atomic mass is 10.0. The van der Waals surface area contributed by atoms with Crippen LogP contribution in [0.1, 0.15) is 30.9 Å². The van der Waals surface area contributed by atoms with Crippen LogP contribution in [0.15, 0.2) is 24.3 Å². The molecule has 1 atom stereocenters. The minimum Gasteiger partial charge on any atom is -0.480 e. The van der Waals surface area contributed by atoms with Crippen molar-refractivity contribution >= 4 is 22.9 Å². The number of aliphatic carboxylic acids is 1. The second-order valence-electron chi connectivity index (χ2n) is 5.12. The highest BCUT2D eigenvalue weighted by molar-refractivity contribution is 5.94. The van der Waals surface area contributed by atoms with Crippen LogP contribution in [0.4, 0.5) is 0 Å². The summed E-state index contributed by atoms with van der Waals surface area (Å²) >= 11 is 0. The Balaban J connectivity index is 2.19. The van der Waals surface area contributed by atoms with Gasteiger partial charge in [0.2, 0.25) is 5.82 Å². The quantitative estimate of drug-likeness (QED) is 0.858. The Hall–Kier alpha value is -2.57. The fourth-order valence-electron chi connectivity index (χ4n) is 1.89. The van der Waals surface area contributed by atoms with Crippen LogP contribution in [0.5, 0.6) is 0 Å². The van der Waals surface area contributed by atoms with Crippen LogP contribution in [0.25, 0.3) is 11.0 Å². The number of nitrogens with one attached hydrogen (secondary N) is 1. The van der Waals surface area contributed by atoms with E-state index in [0.29, 0.717) is 17.5 Å². The van der Waals surface area contributed by atoms with E-state index in [2.05, 4.69) is 20.5 Å². The highest BCUT2D eigenvalue weighted by Gasteiger charge is 2.23. The summed E-state index contributed by atoms with van der Waals surface area (Å²) in [5, 5.41) is 19.2. The first-order chi connectivity index (χ1) is 9.97. The Bertz CT molecular complexity index is 672. The first-order valence-corrected chi connectivity index (χ1v) is 6.60. The SMILES string of the molecule is CC(C)CC(NC(=O)c1nnc2ccccc2n1)C(=O)O. The number of hydrogen-bond donors (Lipinski definition) is 2. The van der Waals surface area contributed by atoms with Crippen molar-refractivity contribution in [2.24, 2.45) is 5.92 Å². The van der Waals surface area contributed by atoms with E-state index in [9.17, 15) is 9.59 Å². The van der Waals surface area contributed by atoms with E-state index in [0.717, 1.165) is 0 Å². The van der Waals surface area contributed by atoms with E-state index in [1.807, 2.05) is 13.8 Å². The molecule has 0 aliphatic rings. The third-order valence-electron chi connectivity index (χ3n) is 2.87. The topological polar surface area (TPSA) is 105 Å². The number of hydrogen-bond acceptors (Lipinski definition) is 5. The summed E-state index contributed by atoms with van der Waals surface area (Å²) in [6.07, 6.45) is 0.335. The van der Waals surface area contributed by atoms with Crippen molar-refractivity contribution in [3.8, 4) is 0 Å². The molecule has 0 radical (unpaired) electrons. The molecule has 1 aromatic carbocycles. The van der Waals surface area contributed by atoms with Crippen molar-refractivity contribution in [2.75, 3.05) is 0 Å². The first kappa shape index (κ1) is 14.8. The smallest absolute Gasteiger partial charge is 0.326 e. The number of nitrogens with zero attached hydrogens (tertiary/aromatic N) is 3. The van der Waals surface area contributed by atoms with Crippen LogP contribution in [0.2, 0.25) is 0 Å². The van der Waals surface area contributed by atoms with E-state index in [1.54, 1.807) is 24.3 Å². The second-order valence-corrected chi connectivity index (χ2v) is 5.12. The number of fused-ring (bicyclic) bond motifs is 1. The summed E-state index contributed by atoms with van der Waals surface area (Å²) in [5.74, 6) is -1.71. The van der Waals surface area contributed by atoms with Gasteiger partial charge in [-0.2, -0.15) is 0 Å². The van der Waals surface area contributed by atoms with Gasteiger partial charge in [0.1, 0.15) is 11.6 Å². The van der Waals surface area contributed by atoms with Crippen molar-refractivity contribution in [1.29, 1.82) is 0 Å².